The first kappa shape index (κ1) is 16.8. The van der Waals surface area contributed by atoms with Crippen LogP contribution in [0.25, 0.3) is 0 Å². The quantitative estimate of drug-likeness (QED) is 0.701. The minimum absolute atomic E-state index is 0.0275. The molecule has 5 atom stereocenters. The fourth-order valence-corrected chi connectivity index (χ4v) is 6.76. The highest BCUT2D eigenvalue weighted by Crippen LogP contribution is 2.68. The van der Waals surface area contributed by atoms with E-state index in [1.165, 1.54) is 0 Å². The Morgan fingerprint density at radius 2 is 1.92 bits per heavy atom. The van der Waals surface area contributed by atoms with Crippen molar-refractivity contribution in [2.75, 3.05) is 13.2 Å². The second kappa shape index (κ2) is 5.59. The zero-order valence-corrected chi connectivity index (χ0v) is 15.7. The number of hydrogen-bond donors (Lipinski definition) is 0. The van der Waals surface area contributed by atoms with Crippen molar-refractivity contribution in [3.63, 3.8) is 0 Å². The van der Waals surface area contributed by atoms with Crippen LogP contribution in [-0.2, 0) is 19.0 Å². The van der Waals surface area contributed by atoms with Crippen molar-refractivity contribution < 1.29 is 23.4 Å². The molecular weight excluding hydrogens is 332 g/mol. The maximum absolute atomic E-state index is 12.9. The highest BCUT2D eigenvalue weighted by molar-refractivity contribution is 5.75. The molecule has 4 fully saturated rings. The predicted octanol–water partition coefficient (Wildman–Crippen LogP) is 4.23. The molecule has 26 heavy (non-hydrogen) atoms. The molecule has 2 saturated carbocycles. The molecule has 2 aliphatic heterocycles. The van der Waals surface area contributed by atoms with E-state index in [4.69, 9.17) is 18.6 Å². The van der Waals surface area contributed by atoms with Gasteiger partial charge in [-0.1, -0.05) is 13.8 Å². The van der Waals surface area contributed by atoms with E-state index in [9.17, 15) is 4.79 Å². The molecule has 2 aliphatic carbocycles. The Balaban J connectivity index is 1.54. The Labute approximate surface area is 154 Å². The number of carbonyl (C=O) groups excluding carboxylic acids is 1. The van der Waals surface area contributed by atoms with Crippen LogP contribution in [-0.4, -0.2) is 25.0 Å². The van der Waals surface area contributed by atoms with Gasteiger partial charge < -0.3 is 18.6 Å². The van der Waals surface area contributed by atoms with Crippen LogP contribution >= 0.6 is 0 Å². The van der Waals surface area contributed by atoms with E-state index in [0.29, 0.717) is 19.1 Å². The number of furan rings is 1. The average molecular weight is 360 g/mol. The summed E-state index contributed by atoms with van der Waals surface area (Å²) in [6.45, 7) is 6.02. The highest BCUT2D eigenvalue weighted by Gasteiger charge is 2.67. The summed E-state index contributed by atoms with van der Waals surface area (Å²) in [5.74, 6) is -0.140. The topological polar surface area (TPSA) is 57.9 Å². The molecule has 1 aromatic rings. The van der Waals surface area contributed by atoms with Crippen molar-refractivity contribution in [3.8, 4) is 0 Å². The molecule has 1 spiro atoms. The van der Waals surface area contributed by atoms with Crippen LogP contribution in [0.5, 0.6) is 0 Å². The minimum atomic E-state index is -0.462. The first-order valence-electron chi connectivity index (χ1n) is 9.99. The number of hydrogen-bond acceptors (Lipinski definition) is 5. The van der Waals surface area contributed by atoms with Gasteiger partial charge in [0, 0.05) is 17.4 Å². The summed E-state index contributed by atoms with van der Waals surface area (Å²) < 4.78 is 23.6. The Morgan fingerprint density at radius 3 is 2.65 bits per heavy atom. The SMILES string of the molecule is C[C@]12C[C@H](c3ccoc3)OC(=O)[C@@H]1CC[C@]1(C)[C@@H]2CCCC12OCCO2. The number of cyclic esters (lactones) is 1. The Hall–Kier alpha value is -1.33. The Bertz CT molecular complexity index is 691. The minimum Gasteiger partial charge on any atom is -0.472 e. The molecule has 0 N–H and O–H groups in total. The summed E-state index contributed by atoms with van der Waals surface area (Å²) >= 11 is 0. The summed E-state index contributed by atoms with van der Waals surface area (Å²) in [5.41, 5.74) is 0.808. The molecule has 2 saturated heterocycles. The van der Waals surface area contributed by atoms with E-state index in [0.717, 1.165) is 44.1 Å². The molecule has 0 aromatic carbocycles. The standard InChI is InChI=1S/C21H28O5/c1-19-12-16(14-6-9-23-13-14)26-18(22)15(19)5-8-20(2)17(19)4-3-7-21(20)24-10-11-25-21/h6,9,13,15-17H,3-5,7-8,10-12H2,1-2H3/t15-,16+,17+,19-,20+/m0/s1. The molecule has 0 bridgehead atoms. The van der Waals surface area contributed by atoms with Crippen LogP contribution in [0.3, 0.4) is 0 Å². The van der Waals surface area contributed by atoms with Crippen LogP contribution < -0.4 is 0 Å². The molecular formula is C21H28O5. The van der Waals surface area contributed by atoms with Crippen molar-refractivity contribution >= 4 is 5.97 Å². The number of ether oxygens (including phenoxy) is 3. The van der Waals surface area contributed by atoms with Crippen molar-refractivity contribution in [2.45, 2.75) is 64.3 Å². The average Bonchev–Trinajstić information content (AvgIpc) is 3.29. The first-order chi connectivity index (χ1) is 12.5. The fraction of sp³-hybridized carbons (Fsp3) is 0.762. The zero-order chi connectivity index (χ0) is 18.0. The van der Waals surface area contributed by atoms with Gasteiger partial charge in [0.15, 0.2) is 5.79 Å². The van der Waals surface area contributed by atoms with Crippen LogP contribution in [0.4, 0.5) is 0 Å². The third-order valence-electron chi connectivity index (χ3n) is 8.02. The lowest BCUT2D eigenvalue weighted by Gasteiger charge is -2.63. The molecule has 1 aromatic heterocycles. The third-order valence-corrected chi connectivity index (χ3v) is 8.02. The van der Waals surface area contributed by atoms with Crippen molar-refractivity contribution in [1.29, 1.82) is 0 Å². The van der Waals surface area contributed by atoms with E-state index >= 15 is 0 Å². The van der Waals surface area contributed by atoms with Crippen LogP contribution in [0, 0.1) is 22.7 Å². The van der Waals surface area contributed by atoms with Crippen molar-refractivity contribution in [3.05, 3.63) is 24.2 Å². The summed E-state index contributed by atoms with van der Waals surface area (Å²) in [7, 11) is 0. The van der Waals surface area contributed by atoms with Crippen LogP contribution in [0.1, 0.15) is 64.0 Å². The third kappa shape index (κ3) is 2.07. The van der Waals surface area contributed by atoms with E-state index < -0.39 is 5.79 Å². The summed E-state index contributed by atoms with van der Waals surface area (Å²) in [5, 5.41) is 0. The van der Waals surface area contributed by atoms with Gasteiger partial charge in [-0.2, -0.15) is 0 Å². The van der Waals surface area contributed by atoms with Gasteiger partial charge in [-0.25, -0.2) is 0 Å². The maximum Gasteiger partial charge on any atom is 0.310 e. The van der Waals surface area contributed by atoms with E-state index in [1.807, 2.05) is 6.07 Å². The van der Waals surface area contributed by atoms with E-state index in [-0.39, 0.29) is 28.8 Å². The second-order valence-corrected chi connectivity index (χ2v) is 9.10. The number of esters is 1. The van der Waals surface area contributed by atoms with Gasteiger partial charge in [0.05, 0.1) is 31.7 Å². The predicted molar refractivity (Wildman–Crippen MR) is 93.1 cm³/mol. The first-order valence-corrected chi connectivity index (χ1v) is 9.99. The molecule has 0 amide bonds. The molecule has 4 aliphatic rings. The van der Waals surface area contributed by atoms with Crippen LogP contribution in [0.15, 0.2) is 23.0 Å². The largest absolute Gasteiger partial charge is 0.472 e. The van der Waals surface area contributed by atoms with Gasteiger partial charge in [0.2, 0.25) is 0 Å². The molecule has 5 nitrogen and oxygen atoms in total. The smallest absolute Gasteiger partial charge is 0.310 e. The summed E-state index contributed by atoms with van der Waals surface area (Å²) in [6.07, 6.45) is 8.99. The summed E-state index contributed by atoms with van der Waals surface area (Å²) in [4.78, 5) is 12.9. The fourth-order valence-electron chi connectivity index (χ4n) is 6.76. The normalized spacial score (nSPS) is 44.4. The molecule has 0 unspecified atom stereocenters. The van der Waals surface area contributed by atoms with Gasteiger partial charge in [-0.05, 0) is 49.5 Å². The number of rotatable bonds is 1. The molecule has 3 heterocycles. The van der Waals surface area contributed by atoms with E-state index in [2.05, 4.69) is 13.8 Å². The Kier molecular flexibility index (Phi) is 3.61. The number of fused-ring (bicyclic) bond motifs is 4. The van der Waals surface area contributed by atoms with Gasteiger partial charge in [0.25, 0.3) is 0 Å². The van der Waals surface area contributed by atoms with Gasteiger partial charge in [0.1, 0.15) is 6.10 Å². The molecule has 5 rings (SSSR count). The summed E-state index contributed by atoms with van der Waals surface area (Å²) in [6, 6.07) is 1.91. The maximum atomic E-state index is 12.9. The van der Waals surface area contributed by atoms with Crippen LogP contribution in [0.2, 0.25) is 0 Å². The van der Waals surface area contributed by atoms with Gasteiger partial charge in [-0.3, -0.25) is 4.79 Å². The van der Waals surface area contributed by atoms with Crippen molar-refractivity contribution in [2.24, 2.45) is 22.7 Å². The molecule has 0 radical (unpaired) electrons. The zero-order valence-electron chi connectivity index (χ0n) is 15.7. The van der Waals surface area contributed by atoms with E-state index in [1.54, 1.807) is 12.5 Å². The monoisotopic (exact) mass is 360 g/mol. The lowest BCUT2D eigenvalue weighted by atomic mass is 9.44. The Morgan fingerprint density at radius 1 is 1.12 bits per heavy atom. The van der Waals surface area contributed by atoms with Gasteiger partial charge >= 0.3 is 5.97 Å². The molecule has 142 valence electrons. The molecule has 5 heteroatoms. The van der Waals surface area contributed by atoms with Gasteiger partial charge in [-0.15, -0.1) is 0 Å². The lowest BCUT2D eigenvalue weighted by molar-refractivity contribution is -0.303. The number of carbonyl (C=O) groups is 1. The highest BCUT2D eigenvalue weighted by atomic mass is 16.7. The second-order valence-electron chi connectivity index (χ2n) is 9.10. The lowest BCUT2D eigenvalue weighted by Crippen LogP contribution is -2.64. The van der Waals surface area contributed by atoms with Crippen molar-refractivity contribution in [1.82, 2.24) is 0 Å².